The van der Waals surface area contributed by atoms with Gasteiger partial charge in [-0.25, -0.2) is 0 Å². The van der Waals surface area contributed by atoms with Gasteiger partial charge in [0.25, 0.3) is 5.91 Å². The number of carbonyl (C=O) groups is 1. The van der Waals surface area contributed by atoms with E-state index in [0.29, 0.717) is 5.56 Å². The molecule has 2 heterocycles. The first kappa shape index (κ1) is 13.6. The summed E-state index contributed by atoms with van der Waals surface area (Å²) in [6.45, 7) is 2.66. The number of nitrogens with zero attached hydrogens (tertiary/aromatic N) is 2. The second-order valence-electron chi connectivity index (χ2n) is 5.24. The van der Waals surface area contributed by atoms with E-state index in [4.69, 9.17) is 4.74 Å². The molecule has 0 spiro atoms. The molecule has 0 atom stereocenters. The van der Waals surface area contributed by atoms with Crippen molar-refractivity contribution in [3.63, 3.8) is 0 Å². The van der Waals surface area contributed by atoms with Gasteiger partial charge in [0.1, 0.15) is 5.75 Å². The Bertz CT molecular complexity index is 665. The number of rotatable bonds is 2. The Morgan fingerprint density at radius 1 is 1.29 bits per heavy atom. The molecule has 0 saturated heterocycles. The van der Waals surface area contributed by atoms with Crippen molar-refractivity contribution in [1.29, 1.82) is 0 Å². The fourth-order valence-electron chi connectivity index (χ4n) is 2.66. The molecule has 0 bridgehead atoms. The zero-order valence-electron chi connectivity index (χ0n) is 12.3. The van der Waals surface area contributed by atoms with E-state index in [-0.39, 0.29) is 5.91 Å². The minimum absolute atomic E-state index is 0.00798. The highest BCUT2D eigenvalue weighted by Gasteiger charge is 2.24. The van der Waals surface area contributed by atoms with E-state index in [1.807, 2.05) is 42.2 Å². The molecule has 21 heavy (non-hydrogen) atoms. The third-order valence-electron chi connectivity index (χ3n) is 3.81. The number of amides is 1. The van der Waals surface area contributed by atoms with Gasteiger partial charge >= 0.3 is 0 Å². The molecule has 0 N–H and O–H groups in total. The number of carbonyl (C=O) groups excluding carboxylic acids is 1. The van der Waals surface area contributed by atoms with E-state index < -0.39 is 0 Å². The molecule has 1 aliphatic rings. The number of methoxy groups -OCH3 is 1. The van der Waals surface area contributed by atoms with Gasteiger partial charge in [-0.15, -0.1) is 0 Å². The van der Waals surface area contributed by atoms with Crippen LogP contribution in [0.3, 0.4) is 0 Å². The summed E-state index contributed by atoms with van der Waals surface area (Å²) < 4.78 is 5.26. The van der Waals surface area contributed by atoms with E-state index in [9.17, 15) is 4.79 Å². The van der Waals surface area contributed by atoms with Gasteiger partial charge in [0.15, 0.2) is 0 Å². The average molecular weight is 282 g/mol. The van der Waals surface area contributed by atoms with E-state index in [1.54, 1.807) is 13.3 Å². The van der Waals surface area contributed by atoms with Crippen molar-refractivity contribution >= 4 is 11.6 Å². The fourth-order valence-corrected chi connectivity index (χ4v) is 2.66. The van der Waals surface area contributed by atoms with Crippen LogP contribution in [0, 0.1) is 6.92 Å². The molecule has 1 aromatic carbocycles. The quantitative estimate of drug-likeness (QED) is 0.850. The number of aryl methyl sites for hydroxylation is 2. The van der Waals surface area contributed by atoms with Gasteiger partial charge in [0.2, 0.25) is 0 Å². The predicted octanol–water partition coefficient (Wildman–Crippen LogP) is 2.99. The lowest BCUT2D eigenvalue weighted by atomic mass is 10.0. The van der Waals surface area contributed by atoms with E-state index >= 15 is 0 Å². The lowest BCUT2D eigenvalue weighted by molar-refractivity contribution is 0.0984. The number of pyridine rings is 1. The Hall–Kier alpha value is -2.36. The second-order valence-corrected chi connectivity index (χ2v) is 5.24. The Morgan fingerprint density at radius 2 is 2.14 bits per heavy atom. The summed E-state index contributed by atoms with van der Waals surface area (Å²) in [5, 5.41) is 0. The van der Waals surface area contributed by atoms with Crippen molar-refractivity contribution in [1.82, 2.24) is 4.98 Å². The van der Waals surface area contributed by atoms with E-state index in [2.05, 4.69) is 4.98 Å². The molecule has 0 unspecified atom stereocenters. The summed E-state index contributed by atoms with van der Waals surface area (Å²) in [6, 6.07) is 9.58. The minimum Gasteiger partial charge on any atom is -0.497 e. The smallest absolute Gasteiger partial charge is 0.259 e. The first-order valence-electron chi connectivity index (χ1n) is 7.10. The lowest BCUT2D eigenvalue weighted by Gasteiger charge is -2.29. The molecule has 108 valence electrons. The summed E-state index contributed by atoms with van der Waals surface area (Å²) in [6.07, 6.45) is 3.59. The summed E-state index contributed by atoms with van der Waals surface area (Å²) in [7, 11) is 1.66. The monoisotopic (exact) mass is 282 g/mol. The maximum atomic E-state index is 12.7. The second kappa shape index (κ2) is 5.56. The average Bonchev–Trinajstić information content (AvgIpc) is 2.53. The molecule has 0 fully saturated rings. The number of ether oxygens (including phenoxy) is 1. The molecule has 2 aromatic rings. The van der Waals surface area contributed by atoms with Crippen LogP contribution in [0.2, 0.25) is 0 Å². The number of aromatic nitrogens is 1. The minimum atomic E-state index is 0.00798. The van der Waals surface area contributed by atoms with Crippen LogP contribution in [-0.4, -0.2) is 24.5 Å². The van der Waals surface area contributed by atoms with Crippen molar-refractivity contribution in [2.45, 2.75) is 19.8 Å². The third-order valence-corrected chi connectivity index (χ3v) is 3.81. The molecule has 1 aliphatic heterocycles. The van der Waals surface area contributed by atoms with Crippen LogP contribution in [0.5, 0.6) is 5.75 Å². The highest BCUT2D eigenvalue weighted by Crippen LogP contribution is 2.31. The lowest BCUT2D eigenvalue weighted by Crippen LogP contribution is -2.35. The van der Waals surface area contributed by atoms with Crippen LogP contribution >= 0.6 is 0 Å². The highest BCUT2D eigenvalue weighted by atomic mass is 16.5. The van der Waals surface area contributed by atoms with Crippen molar-refractivity contribution in [3.8, 4) is 5.75 Å². The first-order chi connectivity index (χ1) is 10.2. The van der Waals surface area contributed by atoms with E-state index in [1.165, 1.54) is 0 Å². The van der Waals surface area contributed by atoms with Gasteiger partial charge in [-0.1, -0.05) is 0 Å². The van der Waals surface area contributed by atoms with Crippen LogP contribution in [0.25, 0.3) is 0 Å². The Labute approximate surface area is 124 Å². The third kappa shape index (κ3) is 2.61. The normalized spacial score (nSPS) is 13.7. The SMILES string of the molecule is COc1ccc2c(c1)CCCN2C(=O)c1ccc(C)nc1. The highest BCUT2D eigenvalue weighted by molar-refractivity contribution is 6.06. The maximum Gasteiger partial charge on any atom is 0.259 e. The summed E-state index contributed by atoms with van der Waals surface area (Å²) in [5.41, 5.74) is 3.68. The Kier molecular flexibility index (Phi) is 3.60. The number of anilines is 1. The largest absolute Gasteiger partial charge is 0.497 e. The van der Waals surface area contributed by atoms with Gasteiger partial charge in [-0.2, -0.15) is 0 Å². The number of benzene rings is 1. The topological polar surface area (TPSA) is 42.4 Å². The fraction of sp³-hybridized carbons (Fsp3) is 0.294. The number of fused-ring (bicyclic) bond motifs is 1. The van der Waals surface area contributed by atoms with Crippen molar-refractivity contribution < 1.29 is 9.53 Å². The zero-order chi connectivity index (χ0) is 14.8. The van der Waals surface area contributed by atoms with Crippen LogP contribution in [-0.2, 0) is 6.42 Å². The molecule has 0 radical (unpaired) electrons. The summed E-state index contributed by atoms with van der Waals surface area (Å²) >= 11 is 0. The standard InChI is InChI=1S/C17H18N2O2/c1-12-5-6-14(11-18-12)17(20)19-9-3-4-13-10-15(21-2)7-8-16(13)19/h5-8,10-11H,3-4,9H2,1-2H3. The summed E-state index contributed by atoms with van der Waals surface area (Å²) in [5.74, 6) is 0.841. The van der Waals surface area contributed by atoms with Crippen LogP contribution in [0.1, 0.15) is 28.0 Å². The van der Waals surface area contributed by atoms with Crippen LogP contribution < -0.4 is 9.64 Å². The Morgan fingerprint density at radius 3 is 2.86 bits per heavy atom. The van der Waals surface area contributed by atoms with Gasteiger partial charge < -0.3 is 9.64 Å². The van der Waals surface area contributed by atoms with Crippen molar-refractivity contribution in [3.05, 3.63) is 53.3 Å². The zero-order valence-corrected chi connectivity index (χ0v) is 12.3. The molecular weight excluding hydrogens is 264 g/mol. The molecule has 1 amide bonds. The molecular formula is C17H18N2O2. The summed E-state index contributed by atoms with van der Waals surface area (Å²) in [4.78, 5) is 18.7. The molecule has 3 rings (SSSR count). The number of hydrogen-bond acceptors (Lipinski definition) is 3. The molecule has 4 heteroatoms. The maximum absolute atomic E-state index is 12.7. The molecule has 4 nitrogen and oxygen atoms in total. The van der Waals surface area contributed by atoms with Crippen LogP contribution in [0.15, 0.2) is 36.5 Å². The molecule has 0 aliphatic carbocycles. The van der Waals surface area contributed by atoms with Gasteiger partial charge in [0.05, 0.1) is 12.7 Å². The predicted molar refractivity (Wildman–Crippen MR) is 82.0 cm³/mol. The van der Waals surface area contributed by atoms with Crippen molar-refractivity contribution in [2.75, 3.05) is 18.6 Å². The first-order valence-corrected chi connectivity index (χ1v) is 7.10. The van der Waals surface area contributed by atoms with Gasteiger partial charge in [-0.3, -0.25) is 9.78 Å². The van der Waals surface area contributed by atoms with Crippen LogP contribution in [0.4, 0.5) is 5.69 Å². The molecule has 1 aromatic heterocycles. The van der Waals surface area contributed by atoms with Gasteiger partial charge in [-0.05, 0) is 55.7 Å². The van der Waals surface area contributed by atoms with Crippen molar-refractivity contribution in [2.24, 2.45) is 0 Å². The molecule has 0 saturated carbocycles. The number of hydrogen-bond donors (Lipinski definition) is 0. The van der Waals surface area contributed by atoms with Gasteiger partial charge in [0, 0.05) is 24.1 Å². The van der Waals surface area contributed by atoms with E-state index in [0.717, 1.165) is 42.1 Å². The Balaban J connectivity index is 1.94.